The quantitative estimate of drug-likeness (QED) is 0.274. The van der Waals surface area contributed by atoms with E-state index in [1.165, 1.54) is 0 Å². The number of rotatable bonds is 4. The fraction of sp³-hybridized carbons (Fsp3) is 0.588. The normalized spacial score (nSPS) is 23.2. The van der Waals surface area contributed by atoms with Crippen molar-refractivity contribution in [2.45, 2.75) is 19.3 Å². The topological polar surface area (TPSA) is 81.7 Å². The van der Waals surface area contributed by atoms with E-state index in [-0.39, 0.29) is 35.3 Å². The van der Waals surface area contributed by atoms with Gasteiger partial charge < -0.3 is 20.9 Å². The summed E-state index contributed by atoms with van der Waals surface area (Å²) < 4.78 is 0. The number of hydrogen-bond acceptors (Lipinski definition) is 4. The molecule has 0 saturated carbocycles. The molecule has 1 aromatic heterocycles. The molecular formula is C17H27IN6O. The molecule has 0 radical (unpaired) electrons. The first-order valence-corrected chi connectivity index (χ1v) is 8.57. The van der Waals surface area contributed by atoms with E-state index in [1.54, 1.807) is 12.4 Å². The van der Waals surface area contributed by atoms with Crippen molar-refractivity contribution in [3.63, 3.8) is 0 Å². The molecule has 3 N–H and O–H groups in total. The molecule has 2 aliphatic rings. The third kappa shape index (κ3) is 5.20. The van der Waals surface area contributed by atoms with Crippen molar-refractivity contribution in [1.29, 1.82) is 0 Å². The van der Waals surface area contributed by atoms with Gasteiger partial charge in [0.05, 0.1) is 0 Å². The standard InChI is InChI=1S/C17H26N6O.HI/c1-18-16(21-9-8-20-14-3-6-19-7-4-14)23-10-2-5-17(13-23)11-15(24)22-12-17;/h3-4,6-7H,2,5,8-13H2,1H3,(H,18,21)(H,19,20)(H,22,24);1H. The Kier molecular flexibility index (Phi) is 7.27. The number of nitrogens with zero attached hydrogens (tertiary/aromatic N) is 3. The molecule has 1 spiro atoms. The minimum absolute atomic E-state index is 0. The van der Waals surface area contributed by atoms with Crippen molar-refractivity contribution in [3.8, 4) is 0 Å². The lowest BCUT2D eigenvalue weighted by Gasteiger charge is -2.40. The molecule has 25 heavy (non-hydrogen) atoms. The zero-order chi connectivity index (χ0) is 16.8. The second-order valence-electron chi connectivity index (χ2n) is 6.62. The minimum Gasteiger partial charge on any atom is -0.383 e. The number of hydrogen-bond donors (Lipinski definition) is 3. The molecule has 0 aromatic carbocycles. The van der Waals surface area contributed by atoms with Gasteiger partial charge in [-0.05, 0) is 25.0 Å². The summed E-state index contributed by atoms with van der Waals surface area (Å²) in [7, 11) is 1.82. The molecular weight excluding hydrogens is 431 g/mol. The van der Waals surface area contributed by atoms with Gasteiger partial charge in [0.2, 0.25) is 5.91 Å². The molecule has 1 aromatic rings. The van der Waals surface area contributed by atoms with E-state index in [0.29, 0.717) is 6.42 Å². The highest BCUT2D eigenvalue weighted by atomic mass is 127. The van der Waals surface area contributed by atoms with Crippen LogP contribution in [0.15, 0.2) is 29.5 Å². The minimum atomic E-state index is 0. The maximum Gasteiger partial charge on any atom is 0.220 e. The molecule has 3 heterocycles. The van der Waals surface area contributed by atoms with E-state index in [9.17, 15) is 4.79 Å². The molecule has 1 amide bonds. The summed E-state index contributed by atoms with van der Waals surface area (Å²) in [5, 5.41) is 9.76. The van der Waals surface area contributed by atoms with Crippen LogP contribution in [-0.2, 0) is 4.79 Å². The Hall–Kier alpha value is -1.58. The number of nitrogens with one attached hydrogen (secondary N) is 3. The summed E-state index contributed by atoms with van der Waals surface area (Å²) in [5.74, 6) is 1.10. The Morgan fingerprint density at radius 3 is 2.88 bits per heavy atom. The van der Waals surface area contributed by atoms with E-state index >= 15 is 0 Å². The Morgan fingerprint density at radius 1 is 1.40 bits per heavy atom. The van der Waals surface area contributed by atoms with Crippen molar-refractivity contribution in [1.82, 2.24) is 20.5 Å². The monoisotopic (exact) mass is 458 g/mol. The number of amides is 1. The molecule has 3 rings (SSSR count). The van der Waals surface area contributed by atoms with Gasteiger partial charge >= 0.3 is 0 Å². The lowest BCUT2D eigenvalue weighted by molar-refractivity contribution is -0.119. The second kappa shape index (κ2) is 9.21. The number of aliphatic imine (C=N–C) groups is 1. The van der Waals surface area contributed by atoms with Gasteiger partial charge in [-0.1, -0.05) is 0 Å². The van der Waals surface area contributed by atoms with Crippen LogP contribution in [-0.4, -0.2) is 61.5 Å². The fourth-order valence-electron chi connectivity index (χ4n) is 3.61. The summed E-state index contributed by atoms with van der Waals surface area (Å²) in [4.78, 5) is 22.3. The Bertz CT molecular complexity index is 596. The molecule has 138 valence electrons. The highest BCUT2D eigenvalue weighted by Gasteiger charge is 2.42. The molecule has 2 fully saturated rings. The Labute approximate surface area is 166 Å². The molecule has 0 bridgehead atoms. The first-order chi connectivity index (χ1) is 11.7. The lowest BCUT2D eigenvalue weighted by Crippen LogP contribution is -2.51. The number of aromatic nitrogens is 1. The van der Waals surface area contributed by atoms with E-state index in [1.807, 2.05) is 19.2 Å². The van der Waals surface area contributed by atoms with Gasteiger partial charge in [0, 0.05) is 69.7 Å². The average molecular weight is 458 g/mol. The molecule has 2 saturated heterocycles. The molecule has 1 atom stereocenters. The molecule has 1 unspecified atom stereocenters. The molecule has 2 aliphatic heterocycles. The van der Waals surface area contributed by atoms with Crippen molar-refractivity contribution >= 4 is 41.5 Å². The number of halogens is 1. The van der Waals surface area contributed by atoms with Crippen LogP contribution < -0.4 is 16.0 Å². The summed E-state index contributed by atoms with van der Waals surface area (Å²) in [6, 6.07) is 3.90. The molecule has 0 aliphatic carbocycles. The second-order valence-corrected chi connectivity index (χ2v) is 6.62. The number of anilines is 1. The number of piperidine rings is 1. The molecule has 7 nitrogen and oxygen atoms in total. The predicted molar refractivity (Wildman–Crippen MR) is 110 cm³/mol. The van der Waals surface area contributed by atoms with Crippen LogP contribution in [0.25, 0.3) is 0 Å². The first-order valence-electron chi connectivity index (χ1n) is 8.57. The van der Waals surface area contributed by atoms with Crippen molar-refractivity contribution < 1.29 is 4.79 Å². The van der Waals surface area contributed by atoms with Crippen LogP contribution in [0.4, 0.5) is 5.69 Å². The van der Waals surface area contributed by atoms with Gasteiger partial charge in [-0.15, -0.1) is 24.0 Å². The Balaban J connectivity index is 0.00000225. The third-order valence-electron chi connectivity index (χ3n) is 4.79. The van der Waals surface area contributed by atoms with Crippen molar-refractivity contribution in [3.05, 3.63) is 24.5 Å². The largest absolute Gasteiger partial charge is 0.383 e. The predicted octanol–water partition coefficient (Wildman–Crippen LogP) is 1.29. The van der Waals surface area contributed by atoms with Crippen molar-refractivity contribution in [2.24, 2.45) is 10.4 Å². The summed E-state index contributed by atoms with van der Waals surface area (Å²) in [5.41, 5.74) is 1.15. The van der Waals surface area contributed by atoms with Gasteiger partial charge in [0.25, 0.3) is 0 Å². The highest BCUT2D eigenvalue weighted by Crippen LogP contribution is 2.35. The number of carbonyl (C=O) groups is 1. The highest BCUT2D eigenvalue weighted by molar-refractivity contribution is 14.0. The summed E-state index contributed by atoms with van der Waals surface area (Å²) in [6.07, 6.45) is 6.41. The third-order valence-corrected chi connectivity index (χ3v) is 4.79. The summed E-state index contributed by atoms with van der Waals surface area (Å²) >= 11 is 0. The molecule has 8 heteroatoms. The van der Waals surface area contributed by atoms with Crippen LogP contribution in [0.3, 0.4) is 0 Å². The Morgan fingerprint density at radius 2 is 2.20 bits per heavy atom. The average Bonchev–Trinajstić information content (AvgIpc) is 2.96. The van der Waals surface area contributed by atoms with Gasteiger partial charge in [0.1, 0.15) is 0 Å². The smallest absolute Gasteiger partial charge is 0.220 e. The summed E-state index contributed by atoms with van der Waals surface area (Å²) in [6.45, 7) is 4.28. The van der Waals surface area contributed by atoms with Gasteiger partial charge in [-0.3, -0.25) is 14.8 Å². The number of carbonyl (C=O) groups excluding carboxylic acids is 1. The number of guanidine groups is 1. The van der Waals surface area contributed by atoms with Crippen LogP contribution in [0, 0.1) is 5.41 Å². The van der Waals surface area contributed by atoms with Crippen LogP contribution >= 0.6 is 24.0 Å². The van der Waals surface area contributed by atoms with Gasteiger partial charge in [-0.25, -0.2) is 0 Å². The maximum absolute atomic E-state index is 11.6. The lowest BCUT2D eigenvalue weighted by atomic mass is 9.79. The number of pyridine rings is 1. The van der Waals surface area contributed by atoms with Crippen molar-refractivity contribution in [2.75, 3.05) is 45.1 Å². The van der Waals surface area contributed by atoms with Crippen LogP contribution in [0.2, 0.25) is 0 Å². The van der Waals surface area contributed by atoms with E-state index in [2.05, 4.69) is 30.8 Å². The fourth-order valence-corrected chi connectivity index (χ4v) is 3.61. The zero-order valence-electron chi connectivity index (χ0n) is 14.6. The zero-order valence-corrected chi connectivity index (χ0v) is 17.0. The van der Waals surface area contributed by atoms with E-state index < -0.39 is 0 Å². The van der Waals surface area contributed by atoms with E-state index in [0.717, 1.165) is 57.2 Å². The van der Waals surface area contributed by atoms with Crippen LogP contribution in [0.5, 0.6) is 0 Å². The number of likely N-dealkylation sites (tertiary alicyclic amines) is 1. The SMILES string of the molecule is CN=C(NCCNc1ccncc1)N1CCCC2(CNC(=O)C2)C1.I. The maximum atomic E-state index is 11.6. The van der Waals surface area contributed by atoms with Crippen LogP contribution in [0.1, 0.15) is 19.3 Å². The van der Waals surface area contributed by atoms with E-state index in [4.69, 9.17) is 0 Å². The van der Waals surface area contributed by atoms with Gasteiger partial charge in [-0.2, -0.15) is 0 Å². The first kappa shape index (κ1) is 19.7. The van der Waals surface area contributed by atoms with Gasteiger partial charge in [0.15, 0.2) is 5.96 Å².